The number of carbonyl (C=O) groups excluding carboxylic acids is 1. The summed E-state index contributed by atoms with van der Waals surface area (Å²) in [5.74, 6) is 0.0588. The van der Waals surface area contributed by atoms with Crippen molar-refractivity contribution in [2.24, 2.45) is 5.92 Å². The monoisotopic (exact) mass is 277 g/mol. The van der Waals surface area contributed by atoms with Crippen LogP contribution in [-0.2, 0) is 11.2 Å². The molecule has 4 nitrogen and oxygen atoms in total. The molecule has 3 unspecified atom stereocenters. The van der Waals surface area contributed by atoms with E-state index in [1.165, 1.54) is 0 Å². The van der Waals surface area contributed by atoms with Gasteiger partial charge >= 0.3 is 0 Å². The van der Waals surface area contributed by atoms with Gasteiger partial charge in [-0.05, 0) is 50.3 Å². The lowest BCUT2D eigenvalue weighted by Gasteiger charge is -2.28. The molecular weight excluding hydrogens is 254 g/mol. The van der Waals surface area contributed by atoms with Crippen LogP contribution in [0.1, 0.15) is 31.7 Å². The first-order valence-electron chi connectivity index (χ1n) is 7.21. The molecule has 3 atom stereocenters. The molecule has 2 rings (SSSR count). The van der Waals surface area contributed by atoms with E-state index >= 15 is 0 Å². The maximum Gasteiger partial charge on any atom is 0.228 e. The summed E-state index contributed by atoms with van der Waals surface area (Å²) in [6.45, 7) is 2.01. The summed E-state index contributed by atoms with van der Waals surface area (Å²) in [6, 6.07) is 7.12. The molecule has 0 saturated heterocycles. The Morgan fingerprint density at radius 3 is 2.55 bits per heavy atom. The van der Waals surface area contributed by atoms with E-state index < -0.39 is 6.10 Å². The number of hydrogen-bond acceptors (Lipinski definition) is 3. The molecule has 0 bridgehead atoms. The van der Waals surface area contributed by atoms with Gasteiger partial charge in [-0.15, -0.1) is 0 Å². The molecule has 20 heavy (non-hydrogen) atoms. The fourth-order valence-corrected chi connectivity index (χ4v) is 2.82. The van der Waals surface area contributed by atoms with Crippen molar-refractivity contribution in [3.63, 3.8) is 0 Å². The number of aliphatic hydroxyl groups excluding tert-OH is 1. The van der Waals surface area contributed by atoms with E-state index in [-0.39, 0.29) is 23.6 Å². The maximum atomic E-state index is 12.4. The molecule has 110 valence electrons. The quantitative estimate of drug-likeness (QED) is 0.884. The van der Waals surface area contributed by atoms with Crippen LogP contribution in [-0.4, -0.2) is 40.2 Å². The van der Waals surface area contributed by atoms with E-state index in [1.807, 2.05) is 19.1 Å². The third kappa shape index (κ3) is 3.31. The summed E-state index contributed by atoms with van der Waals surface area (Å²) in [5, 5.41) is 19.1. The first kappa shape index (κ1) is 14.9. The minimum atomic E-state index is -0.481. The van der Waals surface area contributed by atoms with Crippen LogP contribution in [0.25, 0.3) is 0 Å². The number of aromatic hydroxyl groups is 1. The van der Waals surface area contributed by atoms with Gasteiger partial charge in [-0.2, -0.15) is 0 Å². The largest absolute Gasteiger partial charge is 0.508 e. The van der Waals surface area contributed by atoms with Crippen LogP contribution < -0.4 is 0 Å². The number of likely N-dealkylation sites (N-methyl/N-ethyl adjacent to an activating group) is 1. The molecule has 0 spiro atoms. The highest BCUT2D eigenvalue weighted by atomic mass is 16.3. The molecule has 1 aliphatic rings. The number of phenolic OH excluding ortho intramolecular Hbond substituents is 1. The molecular formula is C16H23NO3. The number of benzene rings is 1. The van der Waals surface area contributed by atoms with E-state index in [1.54, 1.807) is 24.1 Å². The zero-order chi connectivity index (χ0) is 14.7. The van der Waals surface area contributed by atoms with Gasteiger partial charge in [0.2, 0.25) is 5.91 Å². The lowest BCUT2D eigenvalue weighted by atomic mass is 10.0. The first-order chi connectivity index (χ1) is 9.49. The third-order valence-electron chi connectivity index (χ3n) is 4.27. The second-order valence-corrected chi connectivity index (χ2v) is 5.77. The Morgan fingerprint density at radius 2 is 2.00 bits per heavy atom. The Kier molecular flexibility index (Phi) is 4.65. The lowest BCUT2D eigenvalue weighted by Crippen LogP contribution is -2.42. The number of carbonyl (C=O) groups is 1. The van der Waals surface area contributed by atoms with E-state index in [2.05, 4.69) is 0 Å². The highest BCUT2D eigenvalue weighted by Gasteiger charge is 2.34. The average molecular weight is 277 g/mol. The Morgan fingerprint density at radius 1 is 1.35 bits per heavy atom. The van der Waals surface area contributed by atoms with Gasteiger partial charge in [0.25, 0.3) is 0 Å². The van der Waals surface area contributed by atoms with Crippen LogP contribution in [0.3, 0.4) is 0 Å². The van der Waals surface area contributed by atoms with Gasteiger partial charge in [0.05, 0.1) is 12.0 Å². The van der Waals surface area contributed by atoms with Gasteiger partial charge < -0.3 is 15.1 Å². The van der Waals surface area contributed by atoms with Gasteiger partial charge in [-0.25, -0.2) is 0 Å². The number of hydrogen-bond donors (Lipinski definition) is 2. The van der Waals surface area contributed by atoms with Gasteiger partial charge in [0.1, 0.15) is 5.75 Å². The standard InChI is InChI=1S/C16H23NO3/c1-11(10-12-6-8-13(18)9-7-12)17(2)16(20)14-4-3-5-15(14)19/h6-9,11,14-15,18-19H,3-5,10H2,1-2H3. The second-order valence-electron chi connectivity index (χ2n) is 5.77. The fourth-order valence-electron chi connectivity index (χ4n) is 2.82. The van der Waals surface area contributed by atoms with Crippen LogP contribution in [0.2, 0.25) is 0 Å². The van der Waals surface area contributed by atoms with Crippen molar-refractivity contribution < 1.29 is 15.0 Å². The molecule has 1 aromatic rings. The summed E-state index contributed by atoms with van der Waals surface area (Å²) < 4.78 is 0. The first-order valence-corrected chi connectivity index (χ1v) is 7.21. The highest BCUT2D eigenvalue weighted by Crippen LogP contribution is 2.27. The molecule has 0 radical (unpaired) electrons. The summed E-state index contributed by atoms with van der Waals surface area (Å²) in [6.07, 6.45) is 2.71. The predicted octanol–water partition coefficient (Wildman–Crippen LogP) is 1.94. The Hall–Kier alpha value is -1.55. The molecule has 1 fully saturated rings. The zero-order valence-electron chi connectivity index (χ0n) is 12.1. The van der Waals surface area contributed by atoms with Crippen molar-refractivity contribution in [3.05, 3.63) is 29.8 Å². The third-order valence-corrected chi connectivity index (χ3v) is 4.27. The fraction of sp³-hybridized carbons (Fsp3) is 0.562. The van der Waals surface area contributed by atoms with Crippen LogP contribution in [0.15, 0.2) is 24.3 Å². The van der Waals surface area contributed by atoms with Gasteiger partial charge in [0.15, 0.2) is 0 Å². The smallest absolute Gasteiger partial charge is 0.228 e. The number of aliphatic hydroxyl groups is 1. The number of amides is 1. The SMILES string of the molecule is CC(Cc1ccc(O)cc1)N(C)C(=O)C1CCCC1O. The Labute approximate surface area is 120 Å². The van der Waals surface area contributed by atoms with Crippen molar-refractivity contribution in [1.29, 1.82) is 0 Å². The molecule has 1 saturated carbocycles. The summed E-state index contributed by atoms with van der Waals surface area (Å²) >= 11 is 0. The van der Waals surface area contributed by atoms with Crippen LogP contribution in [0.5, 0.6) is 5.75 Å². The molecule has 1 aromatic carbocycles. The van der Waals surface area contributed by atoms with Crippen LogP contribution in [0.4, 0.5) is 0 Å². The van der Waals surface area contributed by atoms with Crippen molar-refractivity contribution in [2.45, 2.75) is 44.8 Å². The minimum absolute atomic E-state index is 0.0429. The predicted molar refractivity (Wildman–Crippen MR) is 77.4 cm³/mol. The number of rotatable bonds is 4. The van der Waals surface area contributed by atoms with Gasteiger partial charge in [0, 0.05) is 13.1 Å². The summed E-state index contributed by atoms with van der Waals surface area (Å²) in [4.78, 5) is 14.1. The number of phenols is 1. The van der Waals surface area contributed by atoms with E-state index in [4.69, 9.17) is 0 Å². The molecule has 0 aromatic heterocycles. The maximum absolute atomic E-state index is 12.4. The molecule has 0 heterocycles. The lowest BCUT2D eigenvalue weighted by molar-refractivity contribution is -0.138. The Balaban J connectivity index is 1.95. The van der Waals surface area contributed by atoms with Crippen molar-refractivity contribution in [1.82, 2.24) is 4.90 Å². The molecule has 1 aliphatic carbocycles. The van der Waals surface area contributed by atoms with Crippen molar-refractivity contribution in [2.75, 3.05) is 7.05 Å². The highest BCUT2D eigenvalue weighted by molar-refractivity contribution is 5.79. The Bertz CT molecular complexity index is 457. The van der Waals surface area contributed by atoms with Crippen molar-refractivity contribution in [3.8, 4) is 5.75 Å². The molecule has 2 N–H and O–H groups in total. The summed E-state index contributed by atoms with van der Waals surface area (Å²) in [5.41, 5.74) is 1.09. The normalized spacial score (nSPS) is 23.6. The topological polar surface area (TPSA) is 60.8 Å². The van der Waals surface area contributed by atoms with Crippen LogP contribution in [0, 0.1) is 5.92 Å². The minimum Gasteiger partial charge on any atom is -0.508 e. The van der Waals surface area contributed by atoms with Gasteiger partial charge in [-0.1, -0.05) is 12.1 Å². The molecule has 0 aliphatic heterocycles. The number of nitrogens with zero attached hydrogens (tertiary/aromatic N) is 1. The van der Waals surface area contributed by atoms with E-state index in [9.17, 15) is 15.0 Å². The zero-order valence-corrected chi connectivity index (χ0v) is 12.1. The molecule has 1 amide bonds. The molecule has 4 heteroatoms. The summed E-state index contributed by atoms with van der Waals surface area (Å²) in [7, 11) is 1.80. The van der Waals surface area contributed by atoms with E-state index in [0.717, 1.165) is 31.2 Å². The van der Waals surface area contributed by atoms with Gasteiger partial charge in [-0.3, -0.25) is 4.79 Å². The van der Waals surface area contributed by atoms with E-state index in [0.29, 0.717) is 0 Å². The average Bonchev–Trinajstić information content (AvgIpc) is 2.86. The van der Waals surface area contributed by atoms with Crippen molar-refractivity contribution >= 4 is 5.91 Å². The van der Waals surface area contributed by atoms with Crippen LogP contribution >= 0.6 is 0 Å². The second kappa shape index (κ2) is 6.27.